The summed E-state index contributed by atoms with van der Waals surface area (Å²) < 4.78 is 17.6. The highest BCUT2D eigenvalue weighted by molar-refractivity contribution is 8.15. The Bertz CT molecular complexity index is 3720. The molecule has 17 heteroatoms. The average molecular weight is 1780 g/mol. The van der Waals surface area contributed by atoms with E-state index >= 15 is 0 Å². The van der Waals surface area contributed by atoms with Crippen molar-refractivity contribution in [3.63, 3.8) is 0 Å². The lowest BCUT2D eigenvalue weighted by Crippen LogP contribution is -2.82. The number of fused-ring (bicyclic) bond motifs is 5. The Labute approximate surface area is 778 Å². The van der Waals surface area contributed by atoms with Gasteiger partial charge in [-0.2, -0.15) is 0 Å². The van der Waals surface area contributed by atoms with Crippen LogP contribution >= 0.6 is 23.5 Å². The summed E-state index contributed by atoms with van der Waals surface area (Å²) in [5.41, 5.74) is 3.52. The van der Waals surface area contributed by atoms with Crippen LogP contribution in [0, 0.1) is 65.0 Å². The van der Waals surface area contributed by atoms with Crippen LogP contribution in [0.25, 0.3) is 0 Å². The van der Waals surface area contributed by atoms with Gasteiger partial charge in [-0.25, -0.2) is 9.98 Å². The number of rotatable bonds is 0. The molecule has 0 aromatic rings. The van der Waals surface area contributed by atoms with E-state index in [1.54, 1.807) is 6.92 Å². The number of amidine groups is 2. The summed E-state index contributed by atoms with van der Waals surface area (Å²) in [6.45, 7) is 150. The van der Waals surface area contributed by atoms with Crippen LogP contribution in [0.5, 0.6) is 0 Å². The highest BCUT2D eigenvalue weighted by Gasteiger charge is 2.77. The lowest BCUT2D eigenvalue weighted by Gasteiger charge is -2.79. The number of ether oxygens (including phenoxy) is 3. The first kappa shape index (κ1) is 115. The summed E-state index contributed by atoms with van der Waals surface area (Å²) in [4.78, 5) is 43.5. The average Bonchev–Trinajstić information content (AvgIpc) is 1.52. The smallest absolute Gasteiger partial charge is 0.223 e. The third-order valence-corrected chi connectivity index (χ3v) is 45.9. The quantitative estimate of drug-likeness (QED) is 0.231. The van der Waals surface area contributed by atoms with Gasteiger partial charge >= 0.3 is 0 Å². The van der Waals surface area contributed by atoms with E-state index in [9.17, 15) is 0 Å². The topological polar surface area (TPSA) is 136 Å². The van der Waals surface area contributed by atoms with Gasteiger partial charge in [0.1, 0.15) is 16.8 Å². The molecule has 0 saturated carbocycles. The van der Waals surface area contributed by atoms with Gasteiger partial charge in [-0.3, -0.25) is 29.8 Å². The lowest BCUT2D eigenvalue weighted by molar-refractivity contribution is -0.293. The van der Waals surface area contributed by atoms with Crippen LogP contribution in [0.2, 0.25) is 0 Å². The predicted molar refractivity (Wildman–Crippen MR) is 552 cm³/mol. The molecule has 5 saturated heterocycles. The summed E-state index contributed by atoms with van der Waals surface area (Å²) in [5, 5.41) is 6.21. The van der Waals surface area contributed by atoms with Crippen LogP contribution in [-0.4, -0.2) is 185 Å². The number of nitrogens with zero attached hydrogens (tertiary/aromatic N) is 11. The standard InChI is InChI=1S/C16H31N.C15H29N.2C12H24N2.2C11H21NO.2C11H21NS.C8H15NO2/c1-12(2)14(5,6)17-11-10-16(12,9)13(3,4)15(17,7)8;1-11(2)13(5,6)16-10-15(11,9)12(3,4)14(16,7)8;2*1-9-13-11(4,5)10(2,3)12(6,7)14(9)8;4*1-8-12-10(4,5)9(2,3)11(6,7)13-8;1-6-9-11-8(4,5)7(2,3)10-6/h10-11H2,1-9H3;10H2,1-9H3;2*1-8H3;4*1-7H3;1-5H3. The van der Waals surface area contributed by atoms with E-state index in [1.165, 1.54) is 29.6 Å². The first-order valence-corrected chi connectivity index (χ1v) is 49.2. The minimum atomic E-state index is -0.355. The number of aliphatic imine (C=N–C) groups is 6. The molecule has 12 rings (SSSR count). The van der Waals surface area contributed by atoms with Crippen molar-refractivity contribution in [2.45, 2.75) is 555 Å². The van der Waals surface area contributed by atoms with Crippen LogP contribution in [-0.2, 0) is 19.0 Å². The maximum atomic E-state index is 5.77. The highest BCUT2D eigenvalue weighted by atomic mass is 32.2. The van der Waals surface area contributed by atoms with Gasteiger partial charge in [0.05, 0.1) is 55.0 Å². The van der Waals surface area contributed by atoms with E-state index in [0.717, 1.165) is 23.5 Å². The van der Waals surface area contributed by atoms with Gasteiger partial charge in [-0.1, -0.05) is 157 Å². The number of thioether (sulfide) groups is 2. The molecule has 12 heterocycles. The van der Waals surface area contributed by atoms with E-state index < -0.39 is 0 Å². The molecule has 0 amide bonds. The first-order chi connectivity index (χ1) is 53.5. The van der Waals surface area contributed by atoms with Crippen molar-refractivity contribution >= 4 is 63.0 Å². The predicted octanol–water partition coefficient (Wildman–Crippen LogP) is 29.6. The molecular weight excluding hydrogens is 1570 g/mol. The SMILES string of the molecule is CC1(C)N2CC(C)(C1(C)C)C(C)(C)C2(C)C.CC1(C)N2CCC(C)(C1(C)C)C(C)(C)C2(C)C.CC1=NC(C)(C)C(C)(C)C(C)(C)N1C.CC1=NC(C)(C)C(C)(C)C(C)(C)N1C.CC1=NC(C)(C)C(C)(C)C(C)(C)O1.CC1=NC(C)(C)C(C)(C)C(C)(C)O1.CC1=NC(C)(C)C(C)(C)C(C)(C)S1.CC1=NC(C)(C)C(C)(C)C(C)(C)S1.CC1=NOC(C)(C)C(C)(C)O1. The molecule has 0 atom stereocenters. The summed E-state index contributed by atoms with van der Waals surface area (Å²) in [6, 6.07) is 0. The molecule has 0 radical (unpaired) electrons. The van der Waals surface area contributed by atoms with Crippen molar-refractivity contribution in [3.05, 3.63) is 0 Å². The van der Waals surface area contributed by atoms with Crippen molar-refractivity contribution in [2.24, 2.45) is 100 Å². The molecule has 0 aromatic carbocycles. The number of hydrogen-bond donors (Lipinski definition) is 0. The van der Waals surface area contributed by atoms with Gasteiger partial charge < -0.3 is 28.8 Å². The zero-order chi connectivity index (χ0) is 99.7. The first-order valence-electron chi connectivity index (χ1n) is 47.6. The summed E-state index contributed by atoms with van der Waals surface area (Å²) in [5.74, 6) is 4.47. The van der Waals surface area contributed by atoms with Crippen LogP contribution < -0.4 is 0 Å². The molecule has 0 spiro atoms. The van der Waals surface area contributed by atoms with Crippen molar-refractivity contribution < 1.29 is 19.0 Å². The Morgan fingerprint density at radius 1 is 0.242 bits per heavy atom. The van der Waals surface area contributed by atoms with Crippen LogP contribution in [0.4, 0.5) is 0 Å². The van der Waals surface area contributed by atoms with Crippen LogP contribution in [0.3, 0.4) is 0 Å². The zero-order valence-electron chi connectivity index (χ0n) is 95.0. The summed E-state index contributed by atoms with van der Waals surface area (Å²) >= 11 is 3.81. The van der Waals surface area contributed by atoms with Gasteiger partial charge in [0.2, 0.25) is 5.90 Å². The Kier molecular flexibility index (Phi) is 31.0. The third-order valence-electron chi connectivity index (χ3n) is 43.0. The van der Waals surface area contributed by atoms with Crippen molar-refractivity contribution in [2.75, 3.05) is 27.2 Å². The molecule has 5 fully saturated rings. The monoisotopic (exact) mass is 1770 g/mol. The summed E-state index contributed by atoms with van der Waals surface area (Å²) in [6.07, 6.45) is 1.33. The van der Waals surface area contributed by atoms with Gasteiger partial charge in [0.25, 0.3) is 0 Å². The van der Waals surface area contributed by atoms with Crippen LogP contribution in [0.15, 0.2) is 35.1 Å². The minimum absolute atomic E-state index is 0.00704. The van der Waals surface area contributed by atoms with E-state index in [4.69, 9.17) is 39.0 Å². The minimum Gasteiger partial charge on any atom is -0.475 e. The molecule has 12 aliphatic heterocycles. The van der Waals surface area contributed by atoms with Crippen molar-refractivity contribution in [1.29, 1.82) is 0 Å². The van der Waals surface area contributed by atoms with Gasteiger partial charge in [0, 0.05) is 117 Å². The number of oxime groups is 1. The Balaban J connectivity index is 0.000000361. The fourth-order valence-corrected chi connectivity index (χ4v) is 25.0. The largest absolute Gasteiger partial charge is 0.475 e. The maximum absolute atomic E-state index is 5.77. The van der Waals surface area contributed by atoms with E-state index in [2.05, 4.69) is 450 Å². The molecule has 12 aliphatic rings. The molecule has 0 N–H and O–H groups in total. The van der Waals surface area contributed by atoms with Gasteiger partial charge in [-0.05, 0) is 322 Å². The molecular formula is C107H207N11O4S2. The highest BCUT2D eigenvalue weighted by Crippen LogP contribution is 2.75. The zero-order valence-corrected chi connectivity index (χ0v) is 96.6. The second-order valence-electron chi connectivity index (χ2n) is 54.3. The normalized spacial score (nSPS) is 33.1. The van der Waals surface area contributed by atoms with E-state index in [-0.39, 0.29) is 120 Å². The van der Waals surface area contributed by atoms with Crippen molar-refractivity contribution in [3.8, 4) is 0 Å². The molecule has 0 aromatic heterocycles. The Morgan fingerprint density at radius 2 is 0.484 bits per heavy atom. The van der Waals surface area contributed by atoms with Crippen LogP contribution in [0.1, 0.15) is 456 Å². The summed E-state index contributed by atoms with van der Waals surface area (Å²) in [7, 11) is 4.27. The Hall–Kier alpha value is -2.89. The van der Waals surface area contributed by atoms with Gasteiger partial charge in [0.15, 0.2) is 17.4 Å². The molecule has 15 nitrogen and oxygen atoms in total. The molecule has 0 unspecified atom stereocenters. The molecule has 726 valence electrons. The third kappa shape index (κ3) is 18.2. The Morgan fingerprint density at radius 3 is 0.718 bits per heavy atom. The maximum Gasteiger partial charge on any atom is 0.223 e. The second kappa shape index (κ2) is 33.3. The number of hydrogen-bond acceptors (Lipinski definition) is 17. The van der Waals surface area contributed by atoms with E-state index in [1.807, 2.05) is 65.1 Å². The molecule has 124 heavy (non-hydrogen) atoms. The lowest BCUT2D eigenvalue weighted by atomic mass is 9.37. The number of piperidine rings is 4. The fraction of sp³-hybridized carbons (Fsp3) is 0.935. The fourth-order valence-electron chi connectivity index (χ4n) is 22.0. The van der Waals surface area contributed by atoms with Crippen molar-refractivity contribution in [1.82, 2.24) is 19.6 Å². The molecule has 4 bridgehead atoms. The van der Waals surface area contributed by atoms with Gasteiger partial charge in [-0.15, -0.1) is 23.5 Å². The van der Waals surface area contributed by atoms with E-state index in [0.29, 0.717) is 49.5 Å². The second-order valence-corrected chi connectivity index (χ2v) is 58.0. The molecule has 0 aliphatic carbocycles.